The normalized spacial score (nSPS) is 10.1. The summed E-state index contributed by atoms with van der Waals surface area (Å²) in [5.41, 5.74) is 7.23. The molecule has 0 aliphatic carbocycles. The zero-order valence-corrected chi connectivity index (χ0v) is 8.65. The second-order valence-corrected chi connectivity index (χ2v) is 3.38. The molecule has 0 bridgehead atoms. The third-order valence-electron chi connectivity index (χ3n) is 2.22. The van der Waals surface area contributed by atoms with Gasteiger partial charge in [0.2, 0.25) is 0 Å². The van der Waals surface area contributed by atoms with Crippen LogP contribution in [0.25, 0.3) is 0 Å². The Morgan fingerprint density at radius 2 is 2.06 bits per heavy atom. The van der Waals surface area contributed by atoms with Crippen molar-refractivity contribution in [3.63, 3.8) is 0 Å². The lowest BCUT2D eigenvalue weighted by atomic mass is 10.2. The van der Waals surface area contributed by atoms with Crippen LogP contribution in [-0.2, 0) is 6.54 Å². The van der Waals surface area contributed by atoms with Crippen molar-refractivity contribution in [2.24, 2.45) is 0 Å². The van der Waals surface area contributed by atoms with Crippen LogP contribution in [0.5, 0.6) is 0 Å². The van der Waals surface area contributed by atoms with Gasteiger partial charge in [0.1, 0.15) is 5.82 Å². The lowest BCUT2D eigenvalue weighted by Crippen LogP contribution is -2.05. The van der Waals surface area contributed by atoms with Crippen LogP contribution < -0.4 is 11.1 Å². The minimum absolute atomic E-state index is 0.327. The number of halogens is 1. The van der Waals surface area contributed by atoms with Gasteiger partial charge in [-0.25, -0.2) is 4.39 Å². The van der Waals surface area contributed by atoms with E-state index in [4.69, 9.17) is 5.73 Å². The summed E-state index contributed by atoms with van der Waals surface area (Å²) in [6.07, 6.45) is 1.70. The summed E-state index contributed by atoms with van der Waals surface area (Å²) < 4.78 is 13.4. The number of benzene rings is 1. The summed E-state index contributed by atoms with van der Waals surface area (Å²) in [4.78, 5) is 4.13. The number of nitrogens with one attached hydrogen (secondary N) is 1. The van der Waals surface area contributed by atoms with E-state index in [0.717, 1.165) is 5.69 Å². The molecule has 0 saturated carbocycles. The van der Waals surface area contributed by atoms with E-state index < -0.39 is 0 Å². The fourth-order valence-electron chi connectivity index (χ4n) is 1.41. The van der Waals surface area contributed by atoms with Crippen LogP contribution >= 0.6 is 0 Å². The van der Waals surface area contributed by atoms with E-state index in [1.54, 1.807) is 18.3 Å². The molecule has 3 nitrogen and oxygen atoms in total. The van der Waals surface area contributed by atoms with Crippen molar-refractivity contribution >= 4 is 11.4 Å². The summed E-state index contributed by atoms with van der Waals surface area (Å²) in [5, 5.41) is 2.94. The van der Waals surface area contributed by atoms with Gasteiger partial charge in [0, 0.05) is 6.20 Å². The molecule has 0 atom stereocenters. The number of nitrogens with two attached hydrogens (primary N) is 1. The SMILES string of the molecule is Nc1cccc(F)c1NCc1ccccn1. The van der Waals surface area contributed by atoms with Crippen molar-refractivity contribution < 1.29 is 4.39 Å². The van der Waals surface area contributed by atoms with Crippen molar-refractivity contribution in [3.05, 3.63) is 54.1 Å². The van der Waals surface area contributed by atoms with Crippen LogP contribution in [0.2, 0.25) is 0 Å². The molecule has 0 aliphatic heterocycles. The minimum atomic E-state index is -0.351. The molecule has 4 heteroatoms. The predicted octanol–water partition coefficient (Wildman–Crippen LogP) is 2.42. The Morgan fingerprint density at radius 3 is 2.75 bits per heavy atom. The standard InChI is InChI=1S/C12H12FN3/c13-10-5-3-6-11(14)12(10)16-8-9-4-1-2-7-15-9/h1-7,16H,8,14H2. The number of pyridine rings is 1. The van der Waals surface area contributed by atoms with Crippen LogP contribution in [-0.4, -0.2) is 4.98 Å². The molecule has 0 radical (unpaired) electrons. The van der Waals surface area contributed by atoms with E-state index >= 15 is 0 Å². The van der Waals surface area contributed by atoms with E-state index in [2.05, 4.69) is 10.3 Å². The highest BCUT2D eigenvalue weighted by Crippen LogP contribution is 2.22. The van der Waals surface area contributed by atoms with Crippen molar-refractivity contribution in [2.75, 3.05) is 11.1 Å². The Morgan fingerprint density at radius 1 is 1.19 bits per heavy atom. The number of nitrogens with zero attached hydrogens (tertiary/aromatic N) is 1. The maximum atomic E-state index is 13.4. The number of aromatic nitrogens is 1. The molecule has 0 spiro atoms. The van der Waals surface area contributed by atoms with E-state index in [1.165, 1.54) is 6.07 Å². The van der Waals surface area contributed by atoms with E-state index in [-0.39, 0.29) is 5.82 Å². The molecule has 2 rings (SSSR count). The number of hydrogen-bond donors (Lipinski definition) is 2. The molecule has 2 aromatic rings. The highest BCUT2D eigenvalue weighted by molar-refractivity contribution is 5.66. The van der Waals surface area contributed by atoms with Gasteiger partial charge in [-0.05, 0) is 24.3 Å². The second kappa shape index (κ2) is 4.61. The number of rotatable bonds is 3. The largest absolute Gasteiger partial charge is 0.397 e. The Labute approximate surface area is 93.1 Å². The monoisotopic (exact) mass is 217 g/mol. The van der Waals surface area contributed by atoms with E-state index in [0.29, 0.717) is 17.9 Å². The number of nitrogen functional groups attached to an aromatic ring is 1. The zero-order valence-electron chi connectivity index (χ0n) is 8.65. The van der Waals surface area contributed by atoms with Gasteiger partial charge in [0.25, 0.3) is 0 Å². The molecule has 0 unspecified atom stereocenters. The van der Waals surface area contributed by atoms with Crippen LogP contribution in [0.15, 0.2) is 42.6 Å². The van der Waals surface area contributed by atoms with E-state index in [1.807, 2.05) is 18.2 Å². The average Bonchev–Trinajstić information content (AvgIpc) is 2.30. The maximum Gasteiger partial charge on any atom is 0.148 e. The van der Waals surface area contributed by atoms with Gasteiger partial charge >= 0.3 is 0 Å². The number of hydrogen-bond acceptors (Lipinski definition) is 3. The van der Waals surface area contributed by atoms with Crippen LogP contribution in [0.1, 0.15) is 5.69 Å². The molecule has 0 aliphatic rings. The predicted molar refractivity (Wildman–Crippen MR) is 62.4 cm³/mol. The van der Waals surface area contributed by atoms with Crippen LogP contribution in [0, 0.1) is 5.82 Å². The van der Waals surface area contributed by atoms with E-state index in [9.17, 15) is 4.39 Å². The van der Waals surface area contributed by atoms with Gasteiger partial charge in [-0.3, -0.25) is 4.98 Å². The van der Waals surface area contributed by atoms with Crippen molar-refractivity contribution in [1.82, 2.24) is 4.98 Å². The third-order valence-corrected chi connectivity index (χ3v) is 2.22. The highest BCUT2D eigenvalue weighted by Gasteiger charge is 2.04. The van der Waals surface area contributed by atoms with Gasteiger partial charge in [-0.1, -0.05) is 12.1 Å². The highest BCUT2D eigenvalue weighted by atomic mass is 19.1. The third kappa shape index (κ3) is 2.28. The molecular formula is C12H12FN3. The quantitative estimate of drug-likeness (QED) is 0.776. The van der Waals surface area contributed by atoms with Crippen molar-refractivity contribution in [1.29, 1.82) is 0 Å². The number of anilines is 2. The second-order valence-electron chi connectivity index (χ2n) is 3.38. The average molecular weight is 217 g/mol. The molecule has 0 amide bonds. The first-order valence-corrected chi connectivity index (χ1v) is 4.95. The molecule has 82 valence electrons. The van der Waals surface area contributed by atoms with Crippen LogP contribution in [0.3, 0.4) is 0 Å². The molecular weight excluding hydrogens is 205 g/mol. The molecule has 16 heavy (non-hydrogen) atoms. The summed E-state index contributed by atoms with van der Waals surface area (Å²) in [7, 11) is 0. The van der Waals surface area contributed by atoms with Crippen molar-refractivity contribution in [3.8, 4) is 0 Å². The molecule has 1 aromatic carbocycles. The fraction of sp³-hybridized carbons (Fsp3) is 0.0833. The number of para-hydroxylation sites is 1. The molecule has 0 fully saturated rings. The molecule has 1 aromatic heterocycles. The summed E-state index contributed by atoms with van der Waals surface area (Å²) >= 11 is 0. The van der Waals surface area contributed by atoms with Gasteiger partial charge in [0.05, 0.1) is 23.6 Å². The molecule has 0 saturated heterocycles. The molecule has 1 heterocycles. The lowest BCUT2D eigenvalue weighted by Gasteiger charge is -2.09. The minimum Gasteiger partial charge on any atom is -0.397 e. The maximum absolute atomic E-state index is 13.4. The summed E-state index contributed by atoms with van der Waals surface area (Å²) in [6, 6.07) is 10.2. The zero-order chi connectivity index (χ0) is 11.4. The van der Waals surface area contributed by atoms with Gasteiger partial charge < -0.3 is 11.1 Å². The fourth-order valence-corrected chi connectivity index (χ4v) is 1.41. The Hall–Kier alpha value is -2.10. The lowest BCUT2D eigenvalue weighted by molar-refractivity contribution is 0.630. The first kappa shape index (κ1) is 10.4. The Bertz CT molecular complexity index is 451. The topological polar surface area (TPSA) is 50.9 Å². The van der Waals surface area contributed by atoms with Gasteiger partial charge in [0.15, 0.2) is 0 Å². The smallest absolute Gasteiger partial charge is 0.148 e. The van der Waals surface area contributed by atoms with Gasteiger partial charge in [-0.15, -0.1) is 0 Å². The van der Waals surface area contributed by atoms with Crippen LogP contribution in [0.4, 0.5) is 15.8 Å². The van der Waals surface area contributed by atoms with Crippen molar-refractivity contribution in [2.45, 2.75) is 6.54 Å². The summed E-state index contributed by atoms with van der Waals surface area (Å²) in [6.45, 7) is 0.450. The Kier molecular flexibility index (Phi) is 3.00. The summed E-state index contributed by atoms with van der Waals surface area (Å²) in [5.74, 6) is -0.351. The Balaban J connectivity index is 2.11. The first-order valence-electron chi connectivity index (χ1n) is 4.95. The van der Waals surface area contributed by atoms with Gasteiger partial charge in [-0.2, -0.15) is 0 Å². The molecule has 3 N–H and O–H groups in total. The first-order chi connectivity index (χ1) is 7.77.